The number of aryl methyl sites for hydroxylation is 1. The summed E-state index contributed by atoms with van der Waals surface area (Å²) in [6.07, 6.45) is 5.55. The fraction of sp³-hybridized carbons (Fsp3) is 0.286. The number of hydrogen-bond donors (Lipinski definition) is 0. The number of rotatable bonds is 22. The number of allylic oxidation sites excluding steroid dienone is 6. The zero-order valence-electron chi connectivity index (χ0n) is 32.1. The van der Waals surface area contributed by atoms with E-state index in [0.717, 1.165) is 48.6 Å². The summed E-state index contributed by atoms with van der Waals surface area (Å²) < 4.78 is 174. The van der Waals surface area contributed by atoms with Crippen molar-refractivity contribution in [2.45, 2.75) is 80.4 Å². The normalized spacial score (nSPS) is 14.5. The molecule has 4 atom stereocenters. The lowest BCUT2D eigenvalue weighted by molar-refractivity contribution is 0.377. The Bertz CT molecular complexity index is 2720. The molecule has 0 amide bonds. The van der Waals surface area contributed by atoms with E-state index in [1.165, 1.54) is 48.6 Å². The molecule has 3 aromatic rings. The van der Waals surface area contributed by atoms with Crippen LogP contribution in [0.5, 0.6) is 0 Å². The van der Waals surface area contributed by atoms with Gasteiger partial charge in [-0.25, -0.2) is 42.1 Å². The highest BCUT2D eigenvalue weighted by atomic mass is 32.2. The second-order valence-electron chi connectivity index (χ2n) is 14.0. The van der Waals surface area contributed by atoms with Crippen molar-refractivity contribution in [3.05, 3.63) is 161 Å². The van der Waals surface area contributed by atoms with E-state index in [0.29, 0.717) is 22.3 Å². The maximum absolute atomic E-state index is 11.8. The molecule has 0 aromatic heterocycles. The summed E-state index contributed by atoms with van der Waals surface area (Å²) >= 11 is 0. The van der Waals surface area contributed by atoms with Crippen molar-refractivity contribution in [2.75, 3.05) is 0 Å². The van der Waals surface area contributed by atoms with Crippen LogP contribution in [-0.2, 0) is 57.0 Å². The molecule has 20 heteroatoms. The van der Waals surface area contributed by atoms with Gasteiger partial charge < -0.3 is 22.8 Å². The van der Waals surface area contributed by atoms with Crippen molar-refractivity contribution in [3.63, 3.8) is 0 Å². The lowest BCUT2D eigenvalue weighted by Gasteiger charge is -2.30. The molecule has 4 unspecified atom stereocenters. The highest BCUT2D eigenvalue weighted by Crippen LogP contribution is 2.40. The summed E-state index contributed by atoms with van der Waals surface area (Å²) in [6.45, 7) is 16.6. The van der Waals surface area contributed by atoms with Crippen molar-refractivity contribution in [1.82, 2.24) is 0 Å². The van der Waals surface area contributed by atoms with Crippen LogP contribution in [0.1, 0.15) is 76.0 Å². The minimum atomic E-state index is -4.95. The summed E-state index contributed by atoms with van der Waals surface area (Å²) in [4.78, 5) is -2.92. The third kappa shape index (κ3) is 17.1. The highest BCUT2D eigenvalue weighted by molar-refractivity contribution is 7.90. The van der Waals surface area contributed by atoms with Crippen LogP contribution in [0.15, 0.2) is 159 Å². The van der Waals surface area contributed by atoms with Gasteiger partial charge in [-0.05, 0) is 121 Å². The van der Waals surface area contributed by atoms with Crippen LogP contribution in [0.3, 0.4) is 0 Å². The molecular weight excluding hydrogens is 905 g/mol. The molecule has 3 rings (SSSR count). The van der Waals surface area contributed by atoms with Crippen molar-refractivity contribution in [2.24, 2.45) is 11.8 Å². The predicted octanol–water partition coefficient (Wildman–Crippen LogP) is 6.94. The van der Waals surface area contributed by atoms with Crippen LogP contribution in [0.25, 0.3) is 0 Å². The lowest BCUT2D eigenvalue weighted by Crippen LogP contribution is -2.17. The van der Waals surface area contributed by atoms with Gasteiger partial charge in [-0.3, -0.25) is 0 Å². The molecule has 0 saturated heterocycles. The Kier molecular flexibility index (Phi) is 20.0. The Morgan fingerprint density at radius 2 is 0.855 bits per heavy atom. The third-order valence-electron chi connectivity index (χ3n) is 9.81. The van der Waals surface area contributed by atoms with E-state index in [-0.39, 0.29) is 58.4 Å². The predicted molar refractivity (Wildman–Crippen MR) is 231 cm³/mol. The van der Waals surface area contributed by atoms with Crippen LogP contribution < -0.4 is 0 Å². The summed E-state index contributed by atoms with van der Waals surface area (Å²) in [6, 6.07) is 15.5. The van der Waals surface area contributed by atoms with Crippen LogP contribution in [0.4, 0.5) is 0 Å². The third-order valence-corrected chi connectivity index (χ3v) is 13.9. The van der Waals surface area contributed by atoms with Crippen LogP contribution >= 0.6 is 0 Å². The maximum Gasteiger partial charge on any atom is 0.124 e. The van der Waals surface area contributed by atoms with E-state index in [4.69, 9.17) is 0 Å². The van der Waals surface area contributed by atoms with E-state index in [1.807, 2.05) is 6.92 Å². The largest absolute Gasteiger partial charge is 0.744 e. The maximum atomic E-state index is 11.8. The Labute approximate surface area is 366 Å². The van der Waals surface area contributed by atoms with Gasteiger partial charge in [-0.2, -0.15) is 0 Å². The average molecular weight is 954 g/mol. The van der Waals surface area contributed by atoms with Gasteiger partial charge in [-0.15, -0.1) is 0 Å². The molecule has 0 bridgehead atoms. The fourth-order valence-corrected chi connectivity index (χ4v) is 8.22. The molecule has 0 heterocycles. The van der Waals surface area contributed by atoms with E-state index in [2.05, 4.69) is 26.3 Å². The molecular formula is C42H49O15S5-5. The summed E-state index contributed by atoms with van der Waals surface area (Å²) in [5.74, 6) is -2.14. The minimum absolute atomic E-state index is 0. The summed E-state index contributed by atoms with van der Waals surface area (Å²) in [5.41, 5.74) is 2.34. The Hall–Kier alpha value is -4.35. The average Bonchev–Trinajstić information content (AvgIpc) is 3.14. The molecule has 3 aromatic carbocycles. The molecule has 0 aliphatic rings. The highest BCUT2D eigenvalue weighted by Gasteiger charge is 2.26. The zero-order valence-corrected chi connectivity index (χ0v) is 36.2. The van der Waals surface area contributed by atoms with Crippen molar-refractivity contribution >= 4 is 50.6 Å². The first kappa shape index (κ1) is 55.7. The lowest BCUT2D eigenvalue weighted by atomic mass is 9.74. The molecule has 15 nitrogen and oxygen atoms in total. The first-order chi connectivity index (χ1) is 27.5. The molecule has 0 radical (unpaired) electrons. The molecule has 342 valence electrons. The van der Waals surface area contributed by atoms with Gasteiger partial charge in [0.25, 0.3) is 0 Å². The number of hydrogen-bond acceptors (Lipinski definition) is 15. The van der Waals surface area contributed by atoms with Crippen molar-refractivity contribution in [1.29, 1.82) is 0 Å². The standard InChI is InChI=1S/C40H46O15S5.2CH4/c1-27(6-8-30(4)56(41,42)43)35(13-10-32-11-18-38(19-12-32)58(47,48)49)25-36(28(2)7-9-31(5)57(44,45)46)26-37(34-16-22-40(23-17-34)60(53,54)55)24-29(3)33-14-20-39(21-15-33)59(50,51)52;;/h6-9,11-12,14-23,29,35-37H,1-2,4-5,10,13,24-26H2,3H3,(H,41,42,43)(H,44,45,46)(H,47,48,49)(H,50,51,52)(H,53,54,55);2*1H4/p-5/b8-6-,9-7-;;. The smallest absolute Gasteiger partial charge is 0.124 e. The molecule has 0 aliphatic carbocycles. The zero-order chi connectivity index (χ0) is 45.4. The van der Waals surface area contributed by atoms with Crippen LogP contribution in [0.2, 0.25) is 0 Å². The van der Waals surface area contributed by atoms with E-state index < -0.39 is 92.8 Å². The van der Waals surface area contributed by atoms with Gasteiger partial charge in [0.2, 0.25) is 0 Å². The molecule has 62 heavy (non-hydrogen) atoms. The van der Waals surface area contributed by atoms with E-state index in [9.17, 15) is 64.9 Å². The molecule has 0 saturated carbocycles. The van der Waals surface area contributed by atoms with Crippen molar-refractivity contribution < 1.29 is 64.9 Å². The van der Waals surface area contributed by atoms with E-state index in [1.54, 1.807) is 0 Å². The van der Waals surface area contributed by atoms with Gasteiger partial charge in [0.1, 0.15) is 50.6 Å². The molecule has 0 aliphatic heterocycles. The SMILES string of the molecule is C.C.C=C(/C=C\C(=C)S(=O)(=O)[O-])C(CCc1ccc(S(=O)(=O)[O-])cc1)CC(CC(CC(C)c1ccc(S(=O)(=O)[O-])cc1)c1ccc(S(=O)(=O)[O-])cc1)C(=C)/C=C\C(=C)S(=O)(=O)[O-]. The second-order valence-corrected chi connectivity index (χ2v) is 21.0. The Balaban J connectivity index is 0.00000961. The van der Waals surface area contributed by atoms with Gasteiger partial charge in [-0.1, -0.05) is 108 Å². The minimum Gasteiger partial charge on any atom is -0.744 e. The Morgan fingerprint density at radius 3 is 1.23 bits per heavy atom. The molecule has 0 fully saturated rings. The second kappa shape index (κ2) is 22.3. The van der Waals surface area contributed by atoms with Crippen LogP contribution in [0, 0.1) is 11.8 Å². The van der Waals surface area contributed by atoms with Crippen molar-refractivity contribution in [3.8, 4) is 0 Å². The van der Waals surface area contributed by atoms with Gasteiger partial charge >= 0.3 is 0 Å². The quantitative estimate of drug-likeness (QED) is 0.0728. The van der Waals surface area contributed by atoms with Gasteiger partial charge in [0, 0.05) is 9.81 Å². The Morgan fingerprint density at radius 1 is 0.500 bits per heavy atom. The van der Waals surface area contributed by atoms with Gasteiger partial charge in [0.05, 0.1) is 14.7 Å². The summed E-state index contributed by atoms with van der Waals surface area (Å²) in [5, 5.41) is 0. The molecule has 0 spiro atoms. The van der Waals surface area contributed by atoms with Crippen LogP contribution in [-0.4, -0.2) is 64.9 Å². The summed E-state index contributed by atoms with van der Waals surface area (Å²) in [7, 11) is -24.2. The topological polar surface area (TPSA) is 286 Å². The number of benzene rings is 3. The fourth-order valence-electron chi connectivity index (χ4n) is 6.34. The van der Waals surface area contributed by atoms with Gasteiger partial charge in [0.15, 0.2) is 0 Å². The first-order valence-corrected chi connectivity index (χ1v) is 24.7. The molecule has 0 N–H and O–H groups in total. The first-order valence-electron chi connectivity index (χ1n) is 17.7. The van der Waals surface area contributed by atoms with E-state index >= 15 is 0 Å². The monoisotopic (exact) mass is 953 g/mol.